The molecule has 0 aliphatic rings. The van der Waals surface area contributed by atoms with Crippen LogP contribution in [-0.2, 0) is 0 Å². The van der Waals surface area contributed by atoms with Gasteiger partial charge in [0.25, 0.3) is 0 Å². The number of benzene rings is 16. The lowest BCUT2D eigenvalue weighted by atomic mass is 10.0. The Kier molecular flexibility index (Phi) is 24.4. The fourth-order valence-corrected chi connectivity index (χ4v) is 15.9. The van der Waals surface area contributed by atoms with Gasteiger partial charge in [0.1, 0.15) is 85.4 Å². The van der Waals surface area contributed by atoms with Gasteiger partial charge < -0.3 is 168 Å². The Hall–Kier alpha value is -21.9. The van der Waals surface area contributed by atoms with Crippen LogP contribution in [0.5, 0.6) is 149 Å². The molecular formula is C104H64O42. The molecule has 8 aromatic heterocycles. The van der Waals surface area contributed by atoms with Crippen molar-refractivity contribution in [1.82, 2.24) is 0 Å². The molecule has 24 rings (SSSR count). The van der Waals surface area contributed by atoms with Crippen molar-refractivity contribution in [2.24, 2.45) is 0 Å². The van der Waals surface area contributed by atoms with Crippen molar-refractivity contribution < 1.29 is 168 Å². The predicted molar refractivity (Wildman–Crippen MR) is 523 cm³/mol. The maximum absolute atomic E-state index is 11.8. The first-order chi connectivity index (χ1) is 69.4. The van der Waals surface area contributed by atoms with Gasteiger partial charge in [-0.05, 0) is 175 Å². The van der Waals surface area contributed by atoms with Crippen LogP contribution in [0.4, 0.5) is 0 Å². The Morgan fingerprint density at radius 2 is 0.363 bits per heavy atom. The average molecular weight is 1990 g/mol. The standard InChI is InChI=1S/C13H8O7.3C13H8O6.2C13H8O5.C13H8O4.C13H8O3/c14-6-2-1-4-8-5(3-7(15)9(16)11(8)18)13(19)20-12(4)10(6)17;14-5-3-7-10(9(16)4-5)6-1-2-8(15)11(17)12(6)19-13(7)18;14-8-2-1-5-6-3-9(15)10(16)4-7(6)13(18)19-12(5)11(8)17;14-5-1-2-6-9(3-5)19-13(18)7-4-8(15)11(16)12(17)10(6)7;14-6-1-2-8-11(5-6)18-13(17)9-3-7(15)4-10(16)12(8)9;14-6-1-2-7-8-4-10(15)11(16)5-9(8)13(17)18-12(7)3-6;14-7-1-3-9-10-4-2-8(15)6-12(10)17-13(16)11(9)5-7;14-8-5-6-10-9-3-1-2-4-11(9)13(15)16-12(10)7-8/h1-3,14-18H;3*1-4,14-17H;2*1-5,14-16H;1-6,14-15H;1-7,14H. The van der Waals surface area contributed by atoms with E-state index in [9.17, 15) is 171 Å². The van der Waals surface area contributed by atoms with Gasteiger partial charge in [-0.15, -0.1) is 0 Å². The minimum Gasteiger partial charge on any atom is -0.508 e. The zero-order valence-electron chi connectivity index (χ0n) is 73.1. The normalized spacial score (nSPS) is 11.1. The number of aromatic hydroxyl groups is 26. The van der Waals surface area contributed by atoms with Gasteiger partial charge in [0.05, 0.1) is 43.1 Å². The highest BCUT2D eigenvalue weighted by molar-refractivity contribution is 6.15. The molecule has 42 heteroatoms. The zero-order valence-corrected chi connectivity index (χ0v) is 73.1. The first-order valence-corrected chi connectivity index (χ1v) is 41.7. The molecule has 24 aromatic rings. The summed E-state index contributed by atoms with van der Waals surface area (Å²) in [7, 11) is 0. The molecule has 0 bridgehead atoms. The summed E-state index contributed by atoms with van der Waals surface area (Å²) in [5.74, 6) is -9.86. The molecule has 0 aliphatic heterocycles. The van der Waals surface area contributed by atoms with Crippen LogP contribution in [0.15, 0.2) is 304 Å². The van der Waals surface area contributed by atoms with Crippen molar-refractivity contribution in [3.05, 3.63) is 314 Å². The number of hydrogen-bond acceptors (Lipinski definition) is 42. The Morgan fingerprint density at radius 3 is 0.760 bits per heavy atom. The Morgan fingerprint density at radius 1 is 0.130 bits per heavy atom. The summed E-state index contributed by atoms with van der Waals surface area (Å²) in [6.45, 7) is 0. The lowest BCUT2D eigenvalue weighted by Gasteiger charge is -2.08. The van der Waals surface area contributed by atoms with E-state index in [2.05, 4.69) is 0 Å². The average Bonchev–Trinajstić information content (AvgIpc) is 0.758. The molecule has 0 saturated carbocycles. The highest BCUT2D eigenvalue weighted by Crippen LogP contribution is 2.49. The maximum atomic E-state index is 11.8. The van der Waals surface area contributed by atoms with E-state index in [4.69, 9.17) is 35.3 Å². The van der Waals surface area contributed by atoms with E-state index in [1.54, 1.807) is 42.5 Å². The van der Waals surface area contributed by atoms with Gasteiger partial charge in [-0.2, -0.15) is 0 Å². The van der Waals surface area contributed by atoms with E-state index in [0.29, 0.717) is 65.0 Å². The lowest BCUT2D eigenvalue weighted by molar-refractivity contribution is 0.371. The lowest BCUT2D eigenvalue weighted by Crippen LogP contribution is -2.00. The summed E-state index contributed by atoms with van der Waals surface area (Å²) in [5, 5.41) is 254. The van der Waals surface area contributed by atoms with Gasteiger partial charge in [0.15, 0.2) is 80.0 Å². The van der Waals surface area contributed by atoms with Crippen LogP contribution in [0, 0.1) is 0 Å². The first kappa shape index (κ1) is 95.8. The molecule has 732 valence electrons. The van der Waals surface area contributed by atoms with Crippen LogP contribution >= 0.6 is 0 Å². The van der Waals surface area contributed by atoms with Gasteiger partial charge in [0.2, 0.25) is 28.7 Å². The summed E-state index contributed by atoms with van der Waals surface area (Å²) >= 11 is 0. The van der Waals surface area contributed by atoms with Crippen molar-refractivity contribution in [2.75, 3.05) is 0 Å². The number of phenolic OH excluding ortho intramolecular Hbond substituents is 26. The van der Waals surface area contributed by atoms with Gasteiger partial charge in [0, 0.05) is 123 Å². The monoisotopic (exact) mass is 1980 g/mol. The largest absolute Gasteiger partial charge is 0.508 e. The van der Waals surface area contributed by atoms with E-state index in [1.165, 1.54) is 127 Å². The summed E-state index contributed by atoms with van der Waals surface area (Å²) < 4.78 is 40.0. The minimum absolute atomic E-state index is 0.0166. The molecule has 0 spiro atoms. The summed E-state index contributed by atoms with van der Waals surface area (Å²) in [6, 6.07) is 52.8. The molecule has 0 unspecified atom stereocenters. The molecule has 42 nitrogen and oxygen atoms in total. The van der Waals surface area contributed by atoms with Gasteiger partial charge in [-0.1, -0.05) is 18.2 Å². The second-order valence-electron chi connectivity index (χ2n) is 31.8. The summed E-state index contributed by atoms with van der Waals surface area (Å²) in [5.41, 5.74) is -5.15. The first-order valence-electron chi connectivity index (χ1n) is 41.7. The molecule has 0 saturated heterocycles. The SMILES string of the molecule is O=c1oc2c(O)c(O)ccc2c2c(O)c(O)c(O)cc12.O=c1oc2c(O)c(O)ccc2c2c(O)cc(O)cc12.O=c1oc2c(O)c(O)ccc2c2cc(O)c(O)cc12.O=c1oc2cc(O)ccc2c2c(O)c(O)c(O)cc12.O=c1oc2cc(O)ccc2c2c(O)cc(O)cc12.O=c1oc2cc(O)ccc2c2cc(O)c(O)cc12.O=c1oc2cc(O)ccc2c2ccc(O)cc12.O=c1oc2cc(O)ccc2c2ccccc12. The van der Waals surface area contributed by atoms with Crippen LogP contribution in [-0.4, -0.2) is 133 Å². The van der Waals surface area contributed by atoms with E-state index in [0.717, 1.165) is 64.7 Å². The second-order valence-corrected chi connectivity index (χ2v) is 31.8. The van der Waals surface area contributed by atoms with E-state index >= 15 is 0 Å². The number of phenols is 26. The van der Waals surface area contributed by atoms with Crippen LogP contribution in [0.25, 0.3) is 174 Å². The van der Waals surface area contributed by atoms with E-state index < -0.39 is 120 Å². The molecule has 0 atom stereocenters. The van der Waals surface area contributed by atoms with Gasteiger partial charge in [-0.3, -0.25) is 0 Å². The molecule has 0 radical (unpaired) electrons. The molecule has 0 amide bonds. The quantitative estimate of drug-likeness (QED) is 0.0381. The number of hydrogen-bond donors (Lipinski definition) is 26. The molecule has 26 N–H and O–H groups in total. The molecule has 0 fully saturated rings. The van der Waals surface area contributed by atoms with Crippen molar-refractivity contribution >= 4 is 174 Å². The molecule has 8 heterocycles. The molecular weight excluding hydrogens is 1920 g/mol. The molecule has 16 aromatic carbocycles. The third kappa shape index (κ3) is 17.7. The van der Waals surface area contributed by atoms with Crippen LogP contribution in [0.3, 0.4) is 0 Å². The highest BCUT2D eigenvalue weighted by Gasteiger charge is 2.26. The topological polar surface area (TPSA) is 768 Å². The van der Waals surface area contributed by atoms with E-state index in [1.807, 2.05) is 12.1 Å². The van der Waals surface area contributed by atoms with Gasteiger partial charge in [-0.25, -0.2) is 38.4 Å². The second kappa shape index (κ2) is 37.2. The van der Waals surface area contributed by atoms with Crippen LogP contribution < -0.4 is 45.0 Å². The summed E-state index contributed by atoms with van der Waals surface area (Å²) in [4.78, 5) is 93.9. The fraction of sp³-hybridized carbons (Fsp3) is 0. The van der Waals surface area contributed by atoms with Crippen molar-refractivity contribution in [3.63, 3.8) is 0 Å². The van der Waals surface area contributed by atoms with Crippen molar-refractivity contribution in [2.45, 2.75) is 0 Å². The van der Waals surface area contributed by atoms with Crippen LogP contribution in [0.1, 0.15) is 0 Å². The zero-order chi connectivity index (χ0) is 105. The smallest absolute Gasteiger partial charge is 0.344 e. The predicted octanol–water partition coefficient (Wildman–Crippen LogP) is 15.9. The minimum atomic E-state index is -0.945. The molecule has 0 aliphatic carbocycles. The van der Waals surface area contributed by atoms with Crippen molar-refractivity contribution in [3.8, 4) is 149 Å². The summed E-state index contributed by atoms with van der Waals surface area (Å²) in [6.07, 6.45) is 0. The fourth-order valence-electron chi connectivity index (χ4n) is 15.9. The maximum Gasteiger partial charge on any atom is 0.344 e. The van der Waals surface area contributed by atoms with Gasteiger partial charge >= 0.3 is 45.0 Å². The Bertz CT molecular complexity index is 10200. The van der Waals surface area contributed by atoms with E-state index in [-0.39, 0.29) is 167 Å². The number of rotatable bonds is 0. The Balaban J connectivity index is 0.000000114. The third-order valence-corrected chi connectivity index (χ3v) is 22.6. The molecule has 146 heavy (non-hydrogen) atoms. The Labute approximate surface area is 801 Å². The highest BCUT2D eigenvalue weighted by atomic mass is 16.4. The third-order valence-electron chi connectivity index (χ3n) is 22.6. The van der Waals surface area contributed by atoms with Crippen molar-refractivity contribution in [1.29, 1.82) is 0 Å². The van der Waals surface area contributed by atoms with Crippen LogP contribution in [0.2, 0.25) is 0 Å². The number of fused-ring (bicyclic) bond motifs is 24.